The second-order valence-electron chi connectivity index (χ2n) is 4.28. The number of piperidine rings is 1. The van der Waals surface area contributed by atoms with E-state index < -0.39 is 35.9 Å². The molecule has 8 nitrogen and oxygen atoms in total. The lowest BCUT2D eigenvalue weighted by Crippen LogP contribution is -2.69. The molecule has 2 rings (SSSR count). The number of carbonyl (C=O) groups excluding carboxylic acids is 4. The molecule has 2 fully saturated rings. The van der Waals surface area contributed by atoms with Crippen LogP contribution in [0.25, 0.3) is 0 Å². The van der Waals surface area contributed by atoms with Crippen molar-refractivity contribution in [3.8, 4) is 0 Å². The number of amides is 4. The number of nitrogens with one attached hydrogen (secondary N) is 2. The summed E-state index contributed by atoms with van der Waals surface area (Å²) in [5.74, 6) is -3.28. The summed E-state index contributed by atoms with van der Waals surface area (Å²) in [6.07, 6.45) is -0.930. The second kappa shape index (κ2) is 4.28. The summed E-state index contributed by atoms with van der Waals surface area (Å²) >= 11 is 0. The van der Waals surface area contributed by atoms with Crippen LogP contribution in [0, 0.1) is 11.8 Å². The maximum absolute atomic E-state index is 11.8. The van der Waals surface area contributed by atoms with Crippen molar-refractivity contribution < 1.29 is 23.9 Å². The molecule has 3 atom stereocenters. The molecule has 3 unspecified atom stereocenters. The fourth-order valence-electron chi connectivity index (χ4n) is 2.31. The lowest BCUT2D eigenvalue weighted by molar-refractivity contribution is -0.158. The molecule has 2 heterocycles. The van der Waals surface area contributed by atoms with Gasteiger partial charge in [-0.05, 0) is 0 Å². The van der Waals surface area contributed by atoms with Crippen molar-refractivity contribution in [2.45, 2.75) is 12.6 Å². The largest absolute Gasteiger partial charge is 0.469 e. The number of nitrogens with zero attached hydrogens (tertiary/aromatic N) is 1. The van der Waals surface area contributed by atoms with E-state index in [1.165, 1.54) is 19.1 Å². The minimum absolute atomic E-state index is 0.122. The monoisotopic (exact) mass is 255 g/mol. The molecule has 0 aromatic heterocycles. The van der Waals surface area contributed by atoms with Gasteiger partial charge in [0.25, 0.3) is 0 Å². The molecule has 0 aromatic carbocycles. The number of carbonyl (C=O) groups is 4. The van der Waals surface area contributed by atoms with Gasteiger partial charge < -0.3 is 15.0 Å². The predicted octanol–water partition coefficient (Wildman–Crippen LogP) is -1.58. The van der Waals surface area contributed by atoms with Gasteiger partial charge in [0, 0.05) is 13.5 Å². The Kier molecular flexibility index (Phi) is 2.93. The first-order chi connectivity index (χ1) is 8.45. The Morgan fingerprint density at radius 2 is 2.06 bits per heavy atom. The molecule has 2 aliphatic rings. The quantitative estimate of drug-likeness (QED) is 0.550. The topological polar surface area (TPSA) is 105 Å². The van der Waals surface area contributed by atoms with E-state index in [2.05, 4.69) is 15.4 Å². The van der Waals surface area contributed by atoms with Gasteiger partial charge >= 0.3 is 12.0 Å². The van der Waals surface area contributed by atoms with Crippen LogP contribution < -0.4 is 10.6 Å². The highest BCUT2D eigenvalue weighted by Crippen LogP contribution is 2.29. The summed E-state index contributed by atoms with van der Waals surface area (Å²) < 4.78 is 4.60. The third-order valence-corrected chi connectivity index (χ3v) is 3.26. The third-order valence-electron chi connectivity index (χ3n) is 3.26. The summed E-state index contributed by atoms with van der Waals surface area (Å²) in [4.78, 5) is 47.6. The van der Waals surface area contributed by atoms with Gasteiger partial charge in [0.05, 0.1) is 18.9 Å². The molecule has 8 heteroatoms. The van der Waals surface area contributed by atoms with Crippen LogP contribution in [-0.4, -0.2) is 49.0 Å². The molecule has 0 radical (unpaired) electrons. The molecule has 2 N–H and O–H groups in total. The average molecular weight is 255 g/mol. The summed E-state index contributed by atoms with van der Waals surface area (Å²) in [6.45, 7) is 0. The Bertz CT molecular complexity index is 435. The van der Waals surface area contributed by atoms with Gasteiger partial charge in [0.1, 0.15) is 6.17 Å². The number of urea groups is 1. The fourth-order valence-corrected chi connectivity index (χ4v) is 2.31. The zero-order valence-corrected chi connectivity index (χ0v) is 9.93. The van der Waals surface area contributed by atoms with Crippen molar-refractivity contribution in [3.63, 3.8) is 0 Å². The molecule has 0 bridgehead atoms. The highest BCUT2D eigenvalue weighted by molar-refractivity contribution is 6.02. The second-order valence-corrected chi connectivity index (χ2v) is 4.28. The van der Waals surface area contributed by atoms with E-state index in [1.807, 2.05) is 0 Å². The molecule has 0 aromatic rings. The van der Waals surface area contributed by atoms with E-state index in [-0.39, 0.29) is 12.3 Å². The number of methoxy groups -OCH3 is 1. The van der Waals surface area contributed by atoms with Crippen LogP contribution in [-0.2, 0) is 19.1 Å². The highest BCUT2D eigenvalue weighted by Gasteiger charge is 2.51. The minimum atomic E-state index is -0.871. The van der Waals surface area contributed by atoms with Gasteiger partial charge in [-0.15, -0.1) is 0 Å². The predicted molar refractivity (Wildman–Crippen MR) is 56.8 cm³/mol. The SMILES string of the molecule is COC(=O)C1CC(=O)NC2C1C(=O)NC(=O)N2C. The van der Waals surface area contributed by atoms with Crippen LogP contribution in [0.1, 0.15) is 6.42 Å². The van der Waals surface area contributed by atoms with Gasteiger partial charge in [0.15, 0.2) is 0 Å². The molecule has 0 aliphatic carbocycles. The maximum atomic E-state index is 11.8. The van der Waals surface area contributed by atoms with Crippen LogP contribution in [0.2, 0.25) is 0 Å². The van der Waals surface area contributed by atoms with Crippen LogP contribution in [0.4, 0.5) is 4.79 Å². The molecule has 4 amide bonds. The summed E-state index contributed by atoms with van der Waals surface area (Å²) in [7, 11) is 2.64. The molecule has 2 saturated heterocycles. The lowest BCUT2D eigenvalue weighted by Gasteiger charge is -2.43. The van der Waals surface area contributed by atoms with E-state index in [0.717, 1.165) is 0 Å². The van der Waals surface area contributed by atoms with Crippen LogP contribution in [0.3, 0.4) is 0 Å². The molecule has 2 aliphatic heterocycles. The zero-order valence-electron chi connectivity index (χ0n) is 9.93. The third kappa shape index (κ3) is 1.79. The van der Waals surface area contributed by atoms with Gasteiger partial charge in [-0.2, -0.15) is 0 Å². The van der Waals surface area contributed by atoms with Gasteiger partial charge in [0.2, 0.25) is 11.8 Å². The lowest BCUT2D eigenvalue weighted by atomic mass is 9.81. The van der Waals surface area contributed by atoms with Crippen molar-refractivity contribution in [3.05, 3.63) is 0 Å². The number of hydrogen-bond acceptors (Lipinski definition) is 5. The molecule has 18 heavy (non-hydrogen) atoms. The normalized spacial score (nSPS) is 31.3. The van der Waals surface area contributed by atoms with Crippen molar-refractivity contribution in [2.24, 2.45) is 11.8 Å². The Balaban J connectivity index is 2.34. The van der Waals surface area contributed by atoms with Gasteiger partial charge in [-0.25, -0.2) is 4.79 Å². The van der Waals surface area contributed by atoms with E-state index in [1.54, 1.807) is 0 Å². The Morgan fingerprint density at radius 1 is 1.39 bits per heavy atom. The first-order valence-corrected chi connectivity index (χ1v) is 5.40. The van der Waals surface area contributed by atoms with Crippen LogP contribution >= 0.6 is 0 Å². The van der Waals surface area contributed by atoms with E-state index in [9.17, 15) is 19.2 Å². The molecule has 98 valence electrons. The summed E-state index contributed by atoms with van der Waals surface area (Å²) in [5, 5.41) is 4.68. The smallest absolute Gasteiger partial charge is 0.325 e. The molecular weight excluding hydrogens is 242 g/mol. The Labute approximate surface area is 103 Å². The van der Waals surface area contributed by atoms with Crippen molar-refractivity contribution in [1.29, 1.82) is 0 Å². The number of esters is 1. The van der Waals surface area contributed by atoms with Crippen molar-refractivity contribution in [1.82, 2.24) is 15.5 Å². The average Bonchev–Trinajstić information content (AvgIpc) is 2.33. The molecular formula is C10H13N3O5. The number of rotatable bonds is 1. The van der Waals surface area contributed by atoms with Crippen molar-refractivity contribution in [2.75, 3.05) is 14.2 Å². The molecule has 0 spiro atoms. The summed E-state index contributed by atoms with van der Waals surface area (Å²) in [6, 6.07) is -0.605. The van der Waals surface area contributed by atoms with E-state index >= 15 is 0 Å². The first kappa shape index (κ1) is 12.3. The first-order valence-electron chi connectivity index (χ1n) is 5.40. The Hall–Kier alpha value is -2.12. The number of hydrogen-bond donors (Lipinski definition) is 2. The van der Waals surface area contributed by atoms with Crippen LogP contribution in [0.15, 0.2) is 0 Å². The highest BCUT2D eigenvalue weighted by atomic mass is 16.5. The van der Waals surface area contributed by atoms with E-state index in [0.29, 0.717) is 0 Å². The Morgan fingerprint density at radius 3 is 2.67 bits per heavy atom. The zero-order chi connectivity index (χ0) is 13.4. The number of fused-ring (bicyclic) bond motifs is 1. The number of ether oxygens (including phenoxy) is 1. The fraction of sp³-hybridized carbons (Fsp3) is 0.600. The van der Waals surface area contributed by atoms with Gasteiger partial charge in [-0.3, -0.25) is 19.7 Å². The van der Waals surface area contributed by atoms with E-state index in [4.69, 9.17) is 0 Å². The maximum Gasteiger partial charge on any atom is 0.325 e. The minimum Gasteiger partial charge on any atom is -0.469 e. The van der Waals surface area contributed by atoms with Gasteiger partial charge in [-0.1, -0.05) is 0 Å². The number of imide groups is 1. The standard InChI is InChI=1S/C10H13N3O5/c1-13-7-6(8(15)12-10(13)17)4(9(16)18-2)3-5(14)11-7/h4,6-7H,3H2,1-2H3,(H,11,14)(H,12,15,17). The summed E-state index contributed by atoms with van der Waals surface area (Å²) in [5.41, 5.74) is 0. The molecule has 0 saturated carbocycles. The van der Waals surface area contributed by atoms with Crippen LogP contribution in [0.5, 0.6) is 0 Å². The van der Waals surface area contributed by atoms with Crippen molar-refractivity contribution >= 4 is 23.8 Å².